The molecule has 0 atom stereocenters. The van der Waals surface area contributed by atoms with Crippen molar-refractivity contribution < 1.29 is 8.81 Å². The molecule has 2 heterocycles. The third-order valence-corrected chi connectivity index (χ3v) is 4.72. The summed E-state index contributed by atoms with van der Waals surface area (Å²) in [4.78, 5) is 13.9. The Bertz CT molecular complexity index is 1160. The molecule has 0 bridgehead atoms. The van der Waals surface area contributed by atoms with Gasteiger partial charge in [0, 0.05) is 17.5 Å². The molecule has 0 saturated heterocycles. The van der Waals surface area contributed by atoms with Crippen molar-refractivity contribution in [1.82, 2.24) is 15.2 Å². The first-order valence-corrected chi connectivity index (χ1v) is 8.88. The van der Waals surface area contributed by atoms with Crippen molar-refractivity contribution in [2.45, 2.75) is 19.3 Å². The van der Waals surface area contributed by atoms with Crippen LogP contribution in [0.4, 0.5) is 10.2 Å². The zero-order chi connectivity index (χ0) is 19.7. The van der Waals surface area contributed by atoms with Crippen molar-refractivity contribution in [3.05, 3.63) is 76.5 Å². The summed E-state index contributed by atoms with van der Waals surface area (Å²) in [5, 5.41) is 11.8. The molecule has 0 radical (unpaired) electrons. The minimum atomic E-state index is -0.485. The van der Waals surface area contributed by atoms with Crippen LogP contribution in [0, 0.1) is 5.82 Å². The second kappa shape index (κ2) is 6.92. The van der Waals surface area contributed by atoms with Crippen molar-refractivity contribution in [3.63, 3.8) is 0 Å². The second-order valence-electron chi connectivity index (χ2n) is 7.27. The lowest BCUT2D eigenvalue weighted by molar-refractivity contribution is 0.552. The molecule has 0 aliphatic rings. The van der Waals surface area contributed by atoms with E-state index < -0.39 is 5.76 Å². The van der Waals surface area contributed by atoms with E-state index in [2.05, 4.69) is 34.3 Å². The van der Waals surface area contributed by atoms with Crippen LogP contribution in [0.5, 0.6) is 0 Å². The molecule has 2 aromatic heterocycles. The molecule has 0 aliphatic carbocycles. The van der Waals surface area contributed by atoms with Gasteiger partial charge in [-0.3, -0.25) is 4.98 Å². The largest absolute Gasteiger partial charge is 0.417 e. The van der Waals surface area contributed by atoms with Crippen LogP contribution in [-0.4, -0.2) is 21.7 Å². The minimum absolute atomic E-state index is 0.203. The summed E-state index contributed by atoms with van der Waals surface area (Å²) in [5.41, 5.74) is 3.43. The number of rotatable bonds is 5. The Labute approximate surface area is 160 Å². The summed E-state index contributed by atoms with van der Waals surface area (Å²) < 4.78 is 18.2. The molecule has 0 fully saturated rings. The molecule has 6 nitrogen and oxygen atoms in total. The van der Waals surface area contributed by atoms with Gasteiger partial charge in [0.05, 0.1) is 11.2 Å². The Morgan fingerprint density at radius 2 is 1.86 bits per heavy atom. The van der Waals surface area contributed by atoms with Gasteiger partial charge < -0.3 is 9.73 Å². The fraction of sp³-hybridized carbons (Fsp3) is 0.190. The normalized spacial score (nSPS) is 11.7. The molecule has 0 spiro atoms. The van der Waals surface area contributed by atoms with Crippen LogP contribution in [-0.2, 0) is 5.41 Å². The molecule has 4 rings (SSSR count). The van der Waals surface area contributed by atoms with Crippen molar-refractivity contribution in [1.29, 1.82) is 0 Å². The maximum atomic E-state index is 13.1. The summed E-state index contributed by atoms with van der Waals surface area (Å²) in [6.45, 7) is 4.77. The molecule has 28 heavy (non-hydrogen) atoms. The molecule has 0 saturated carbocycles. The van der Waals surface area contributed by atoms with E-state index in [4.69, 9.17) is 4.42 Å². The third-order valence-electron chi connectivity index (χ3n) is 4.72. The van der Waals surface area contributed by atoms with E-state index in [1.54, 1.807) is 24.3 Å². The average molecular weight is 378 g/mol. The van der Waals surface area contributed by atoms with Gasteiger partial charge in [-0.25, -0.2) is 9.18 Å². The van der Waals surface area contributed by atoms with E-state index in [0.717, 1.165) is 11.1 Å². The Hall–Kier alpha value is -3.48. The Kier molecular flexibility index (Phi) is 4.43. The van der Waals surface area contributed by atoms with Crippen LogP contribution in [0.15, 0.2) is 63.8 Å². The van der Waals surface area contributed by atoms with Gasteiger partial charge in [0.1, 0.15) is 11.6 Å². The molecule has 7 heteroatoms. The molecular formula is C21H19FN4O2. The van der Waals surface area contributed by atoms with Crippen LogP contribution in [0.1, 0.15) is 19.4 Å². The molecule has 2 N–H and O–H groups in total. The van der Waals surface area contributed by atoms with Gasteiger partial charge in [0.2, 0.25) is 0 Å². The van der Waals surface area contributed by atoms with E-state index in [0.29, 0.717) is 29.2 Å². The fourth-order valence-electron chi connectivity index (χ4n) is 3.00. The zero-order valence-corrected chi connectivity index (χ0v) is 15.5. The number of anilines is 1. The first-order chi connectivity index (χ1) is 13.4. The van der Waals surface area contributed by atoms with Gasteiger partial charge >= 0.3 is 5.76 Å². The lowest BCUT2D eigenvalue weighted by Crippen LogP contribution is -2.28. The monoisotopic (exact) mass is 378 g/mol. The summed E-state index contributed by atoms with van der Waals surface area (Å²) in [6.07, 6.45) is 0. The molecule has 0 aliphatic heterocycles. The van der Waals surface area contributed by atoms with Crippen molar-refractivity contribution in [2.24, 2.45) is 0 Å². The van der Waals surface area contributed by atoms with E-state index in [9.17, 15) is 9.18 Å². The molecule has 0 amide bonds. The number of fused-ring (bicyclic) bond motifs is 1. The van der Waals surface area contributed by atoms with Crippen molar-refractivity contribution in [2.75, 3.05) is 11.9 Å². The Balaban J connectivity index is 1.48. The van der Waals surface area contributed by atoms with Crippen molar-refractivity contribution in [3.8, 4) is 11.3 Å². The molecule has 142 valence electrons. The van der Waals surface area contributed by atoms with Crippen LogP contribution in [0.2, 0.25) is 0 Å². The summed E-state index contributed by atoms with van der Waals surface area (Å²) in [7, 11) is 0. The second-order valence-corrected chi connectivity index (χ2v) is 7.27. The molecule has 4 aromatic rings. The molecular weight excluding hydrogens is 359 g/mol. The van der Waals surface area contributed by atoms with Crippen LogP contribution >= 0.6 is 0 Å². The van der Waals surface area contributed by atoms with E-state index in [1.165, 1.54) is 12.1 Å². The van der Waals surface area contributed by atoms with Gasteiger partial charge in [0.25, 0.3) is 0 Å². The van der Waals surface area contributed by atoms with Crippen LogP contribution < -0.4 is 11.1 Å². The molecule has 0 unspecified atom stereocenters. The van der Waals surface area contributed by atoms with E-state index in [1.807, 2.05) is 18.2 Å². The third kappa shape index (κ3) is 3.64. The fourth-order valence-corrected chi connectivity index (χ4v) is 3.00. The predicted molar refractivity (Wildman–Crippen MR) is 106 cm³/mol. The number of nitrogens with one attached hydrogen (secondary N) is 2. The highest BCUT2D eigenvalue weighted by Gasteiger charge is 2.20. The number of hydrogen-bond acceptors (Lipinski definition) is 5. The lowest BCUT2D eigenvalue weighted by atomic mass is 9.84. The average Bonchev–Trinajstić information content (AvgIpc) is 3.06. The number of nitrogens with zero attached hydrogens (tertiary/aromatic N) is 2. The highest BCUT2D eigenvalue weighted by atomic mass is 19.1. The van der Waals surface area contributed by atoms with Gasteiger partial charge in [0.15, 0.2) is 5.58 Å². The van der Waals surface area contributed by atoms with Crippen LogP contribution in [0.25, 0.3) is 22.4 Å². The van der Waals surface area contributed by atoms with E-state index in [-0.39, 0.29) is 11.2 Å². The topological polar surface area (TPSA) is 83.8 Å². The highest BCUT2D eigenvalue weighted by Crippen LogP contribution is 2.25. The highest BCUT2D eigenvalue weighted by molar-refractivity contribution is 5.78. The van der Waals surface area contributed by atoms with Crippen molar-refractivity contribution >= 4 is 16.9 Å². The number of H-pyrrole nitrogens is 1. The lowest BCUT2D eigenvalue weighted by Gasteiger charge is -2.25. The van der Waals surface area contributed by atoms with E-state index >= 15 is 0 Å². The smallest absolute Gasteiger partial charge is 0.408 e. The van der Waals surface area contributed by atoms with Crippen LogP contribution in [0.3, 0.4) is 0 Å². The standard InChI is InChI=1S/C21H19FN4O2/c1-21(2,14-4-6-15(22)7-5-14)12-23-19-10-9-16(25-26-19)13-3-8-17-18(11-13)28-20(27)24-17/h3-11H,12H2,1-2H3,(H,23,26)(H,24,27). The Morgan fingerprint density at radius 1 is 1.07 bits per heavy atom. The SMILES string of the molecule is CC(C)(CNc1ccc(-c2ccc3[nH]c(=O)oc3c2)nn1)c1ccc(F)cc1. The number of benzene rings is 2. The van der Waals surface area contributed by atoms with Gasteiger partial charge in [-0.2, -0.15) is 0 Å². The minimum Gasteiger partial charge on any atom is -0.408 e. The number of halogens is 1. The first kappa shape index (κ1) is 17.9. The number of hydrogen-bond donors (Lipinski definition) is 2. The zero-order valence-electron chi connectivity index (χ0n) is 15.5. The summed E-state index contributed by atoms with van der Waals surface area (Å²) in [6, 6.07) is 15.6. The van der Waals surface area contributed by atoms with Gasteiger partial charge in [-0.05, 0) is 42.0 Å². The quantitative estimate of drug-likeness (QED) is 0.546. The summed E-state index contributed by atoms with van der Waals surface area (Å²) in [5.74, 6) is -0.0826. The maximum Gasteiger partial charge on any atom is 0.417 e. The summed E-state index contributed by atoms with van der Waals surface area (Å²) >= 11 is 0. The maximum absolute atomic E-state index is 13.1. The van der Waals surface area contributed by atoms with Gasteiger partial charge in [-0.15, -0.1) is 10.2 Å². The Morgan fingerprint density at radius 3 is 2.57 bits per heavy atom. The number of oxazole rings is 1. The first-order valence-electron chi connectivity index (χ1n) is 8.88. The predicted octanol–water partition coefficient (Wildman–Crippen LogP) is 4.11. The molecule has 2 aromatic carbocycles. The van der Waals surface area contributed by atoms with Gasteiger partial charge in [-0.1, -0.05) is 32.0 Å². The number of aromatic amines is 1. The number of aromatic nitrogens is 3.